The van der Waals surface area contributed by atoms with E-state index in [0.29, 0.717) is 24.2 Å². The molecule has 228 valence electrons. The summed E-state index contributed by atoms with van der Waals surface area (Å²) in [5.74, 6) is 3.96. The SMILES string of the molecule is C=C1OB(c2ccc(C(CC)(CC)c3ccc(C#CC(OCOC)(C(F)(F)F)C(F)(F)F)c(C)c3)cc2C)OC1(C)C. The molecule has 0 N–H and O–H groups in total. The monoisotopic (exact) mass is 596 g/mol. The molecule has 11 heteroatoms. The van der Waals surface area contributed by atoms with Crippen molar-refractivity contribution in [3.63, 3.8) is 0 Å². The molecule has 1 aliphatic heterocycles. The molecular formula is C31H35BF6O4. The second-order valence-electron chi connectivity index (χ2n) is 10.9. The topological polar surface area (TPSA) is 36.9 Å². The lowest BCUT2D eigenvalue weighted by molar-refractivity contribution is -0.368. The first kappa shape index (κ1) is 33.6. The fourth-order valence-electron chi connectivity index (χ4n) is 5.13. The third kappa shape index (κ3) is 6.08. The Morgan fingerprint density at radius 1 is 0.905 bits per heavy atom. The molecule has 4 nitrogen and oxygen atoms in total. The van der Waals surface area contributed by atoms with E-state index < -0.39 is 42.9 Å². The van der Waals surface area contributed by atoms with E-state index in [1.165, 1.54) is 12.0 Å². The fraction of sp³-hybridized carbons (Fsp3) is 0.484. The van der Waals surface area contributed by atoms with E-state index in [4.69, 9.17) is 9.31 Å². The van der Waals surface area contributed by atoms with Crippen molar-refractivity contribution in [2.75, 3.05) is 13.9 Å². The minimum atomic E-state index is -5.86. The van der Waals surface area contributed by atoms with E-state index >= 15 is 0 Å². The van der Waals surface area contributed by atoms with Crippen LogP contribution in [0.25, 0.3) is 0 Å². The summed E-state index contributed by atoms with van der Waals surface area (Å²) in [4.78, 5) is 0. The zero-order chi connectivity index (χ0) is 31.7. The van der Waals surface area contributed by atoms with Crippen LogP contribution in [-0.2, 0) is 24.2 Å². The Balaban J connectivity index is 2.04. The molecule has 1 aliphatic rings. The van der Waals surface area contributed by atoms with Crippen LogP contribution in [0.5, 0.6) is 0 Å². The van der Waals surface area contributed by atoms with Crippen LogP contribution < -0.4 is 5.46 Å². The molecule has 0 radical (unpaired) electrons. The highest BCUT2D eigenvalue weighted by molar-refractivity contribution is 6.62. The molecule has 0 atom stereocenters. The Labute approximate surface area is 243 Å². The average Bonchev–Trinajstić information content (AvgIpc) is 3.16. The highest BCUT2D eigenvalue weighted by Gasteiger charge is 2.72. The van der Waals surface area contributed by atoms with Crippen molar-refractivity contribution >= 4 is 12.6 Å². The molecule has 0 aromatic heterocycles. The predicted molar refractivity (Wildman–Crippen MR) is 149 cm³/mol. The van der Waals surface area contributed by atoms with Gasteiger partial charge in [0.25, 0.3) is 0 Å². The van der Waals surface area contributed by atoms with Crippen LogP contribution in [0.2, 0.25) is 0 Å². The largest absolute Gasteiger partial charge is 0.563 e. The number of aryl methyl sites for hydroxylation is 2. The zero-order valence-corrected chi connectivity index (χ0v) is 24.8. The maximum absolute atomic E-state index is 13.7. The molecule has 0 saturated carbocycles. The van der Waals surface area contributed by atoms with Gasteiger partial charge in [-0.2, -0.15) is 26.3 Å². The Hall–Kier alpha value is -2.94. The zero-order valence-electron chi connectivity index (χ0n) is 24.8. The molecule has 2 aromatic rings. The Morgan fingerprint density at radius 3 is 1.88 bits per heavy atom. The van der Waals surface area contributed by atoms with Crippen LogP contribution in [0.4, 0.5) is 26.3 Å². The highest BCUT2D eigenvalue weighted by atomic mass is 19.4. The van der Waals surface area contributed by atoms with Crippen molar-refractivity contribution in [1.82, 2.24) is 0 Å². The van der Waals surface area contributed by atoms with Gasteiger partial charge in [0.2, 0.25) is 0 Å². The molecule has 0 bridgehead atoms. The van der Waals surface area contributed by atoms with Gasteiger partial charge in [-0.05, 0) is 80.2 Å². The lowest BCUT2D eigenvalue weighted by Crippen LogP contribution is -2.58. The van der Waals surface area contributed by atoms with Crippen LogP contribution in [0.1, 0.15) is 68.4 Å². The summed E-state index contributed by atoms with van der Waals surface area (Å²) in [5.41, 5.74) is -1.69. The van der Waals surface area contributed by atoms with Gasteiger partial charge in [-0.15, -0.1) is 0 Å². The van der Waals surface area contributed by atoms with Crippen LogP contribution in [0.3, 0.4) is 0 Å². The number of benzene rings is 2. The summed E-state index contributed by atoms with van der Waals surface area (Å²) in [6, 6.07) is 10.9. The van der Waals surface area contributed by atoms with Gasteiger partial charge in [0.05, 0.1) is 5.76 Å². The lowest BCUT2D eigenvalue weighted by Gasteiger charge is -2.34. The van der Waals surface area contributed by atoms with Crippen molar-refractivity contribution in [3.05, 3.63) is 76.6 Å². The second kappa shape index (κ2) is 12.0. The van der Waals surface area contributed by atoms with Crippen molar-refractivity contribution in [2.24, 2.45) is 0 Å². The Bertz CT molecular complexity index is 1350. The van der Waals surface area contributed by atoms with Gasteiger partial charge >= 0.3 is 25.1 Å². The number of hydrogen-bond acceptors (Lipinski definition) is 4. The number of rotatable bonds is 8. The van der Waals surface area contributed by atoms with E-state index in [2.05, 4.69) is 28.0 Å². The smallest absolute Gasteiger partial charge is 0.534 e. The molecule has 1 fully saturated rings. The van der Waals surface area contributed by atoms with Crippen LogP contribution in [0.15, 0.2) is 48.7 Å². The first-order valence-corrected chi connectivity index (χ1v) is 13.4. The Morgan fingerprint density at radius 2 is 1.45 bits per heavy atom. The van der Waals surface area contributed by atoms with Crippen LogP contribution >= 0.6 is 0 Å². The first-order chi connectivity index (χ1) is 19.4. The number of ether oxygens (including phenoxy) is 2. The molecule has 3 rings (SSSR count). The van der Waals surface area contributed by atoms with Crippen molar-refractivity contribution < 1.29 is 45.1 Å². The average molecular weight is 596 g/mol. The van der Waals surface area contributed by atoms with Gasteiger partial charge < -0.3 is 18.8 Å². The summed E-state index contributed by atoms with van der Waals surface area (Å²) < 4.78 is 103. The normalized spacial score (nSPS) is 15.8. The summed E-state index contributed by atoms with van der Waals surface area (Å²) in [6.45, 7) is 14.1. The van der Waals surface area contributed by atoms with Gasteiger partial charge in [0.15, 0.2) is 0 Å². The van der Waals surface area contributed by atoms with E-state index in [0.717, 1.165) is 29.3 Å². The predicted octanol–water partition coefficient (Wildman–Crippen LogP) is 7.28. The maximum Gasteiger partial charge on any atom is 0.563 e. The minimum Gasteiger partial charge on any atom is -0.534 e. The van der Waals surface area contributed by atoms with E-state index in [9.17, 15) is 26.3 Å². The molecule has 0 spiro atoms. The minimum absolute atomic E-state index is 0.0173. The number of alkyl halides is 6. The van der Waals surface area contributed by atoms with Gasteiger partial charge in [0.1, 0.15) is 12.4 Å². The maximum atomic E-state index is 13.7. The molecule has 0 unspecified atom stereocenters. The van der Waals surface area contributed by atoms with Crippen molar-refractivity contribution in [1.29, 1.82) is 0 Å². The molecular weight excluding hydrogens is 561 g/mol. The molecule has 1 saturated heterocycles. The second-order valence-corrected chi connectivity index (χ2v) is 10.9. The van der Waals surface area contributed by atoms with E-state index in [1.807, 2.05) is 46.8 Å². The number of halogens is 6. The standard InChI is InChI=1S/C31H35BF6O4/c1-9-28(10-2,25-13-14-26(21(4)18-25)32-41-22(5)27(6,7)42-32)24-12-11-23(20(3)17-24)15-16-29(30(33,34)35,31(36,37)38)40-19-39-8/h11-14,17-18H,5,9-10,19H2,1-4,6-8H3. The van der Waals surface area contributed by atoms with E-state index in [1.54, 1.807) is 19.1 Å². The number of hydrogen-bond donors (Lipinski definition) is 0. The van der Waals surface area contributed by atoms with Crippen LogP contribution in [-0.4, -0.2) is 44.6 Å². The van der Waals surface area contributed by atoms with Gasteiger partial charge in [-0.25, -0.2) is 0 Å². The fourth-order valence-corrected chi connectivity index (χ4v) is 5.13. The molecule has 0 amide bonds. The molecule has 1 heterocycles. The highest BCUT2D eigenvalue weighted by Crippen LogP contribution is 2.46. The third-order valence-electron chi connectivity index (χ3n) is 7.95. The summed E-state index contributed by atoms with van der Waals surface area (Å²) in [7, 11) is 0.331. The van der Waals surface area contributed by atoms with Gasteiger partial charge in [-0.3, -0.25) is 0 Å². The summed E-state index contributed by atoms with van der Waals surface area (Å²) in [5, 5.41) is 0. The van der Waals surface area contributed by atoms with Gasteiger partial charge in [-0.1, -0.05) is 56.7 Å². The van der Waals surface area contributed by atoms with Crippen molar-refractivity contribution in [3.8, 4) is 11.8 Å². The third-order valence-corrected chi connectivity index (χ3v) is 7.95. The van der Waals surface area contributed by atoms with Gasteiger partial charge in [0, 0.05) is 18.1 Å². The van der Waals surface area contributed by atoms with E-state index in [-0.39, 0.29) is 5.56 Å². The quantitative estimate of drug-likeness (QED) is 0.139. The summed E-state index contributed by atoms with van der Waals surface area (Å²) >= 11 is 0. The summed E-state index contributed by atoms with van der Waals surface area (Å²) in [6.07, 6.45) is -10.3. The first-order valence-electron chi connectivity index (χ1n) is 13.4. The lowest BCUT2D eigenvalue weighted by atomic mass is 9.68. The van der Waals surface area contributed by atoms with Crippen LogP contribution in [0, 0.1) is 25.7 Å². The molecule has 2 aromatic carbocycles. The number of methoxy groups -OCH3 is 1. The molecule has 42 heavy (non-hydrogen) atoms. The molecule has 0 aliphatic carbocycles. The van der Waals surface area contributed by atoms with Crippen molar-refractivity contribution in [2.45, 2.75) is 83.4 Å². The Kier molecular flexibility index (Phi) is 9.58.